The molecule has 0 aliphatic carbocycles. The highest BCUT2D eigenvalue weighted by Gasteiger charge is 2.15. The maximum Gasteiger partial charge on any atom is 0.161 e. The Morgan fingerprint density at radius 3 is 1.70 bits per heavy atom. The van der Waals surface area contributed by atoms with Gasteiger partial charge < -0.3 is 0 Å². The zero-order valence-corrected chi connectivity index (χ0v) is 25.5. The summed E-state index contributed by atoms with van der Waals surface area (Å²) < 4.78 is 0. The van der Waals surface area contributed by atoms with Crippen molar-refractivity contribution in [2.45, 2.75) is 6.92 Å². The van der Waals surface area contributed by atoms with Gasteiger partial charge in [0, 0.05) is 83.0 Å². The smallest absolute Gasteiger partial charge is 0.161 e. The molecular formula is C40H27N7. The molecule has 47 heavy (non-hydrogen) atoms. The van der Waals surface area contributed by atoms with Gasteiger partial charge in [-0.25, -0.2) is 9.97 Å². The second-order valence-corrected chi connectivity index (χ2v) is 11.3. The van der Waals surface area contributed by atoms with E-state index in [-0.39, 0.29) is 0 Å². The van der Waals surface area contributed by atoms with Crippen LogP contribution in [-0.2, 0) is 0 Å². The zero-order chi connectivity index (χ0) is 31.6. The van der Waals surface area contributed by atoms with Crippen LogP contribution >= 0.6 is 0 Å². The van der Waals surface area contributed by atoms with E-state index in [1.165, 1.54) is 10.8 Å². The summed E-state index contributed by atoms with van der Waals surface area (Å²) in [6.45, 7) is 2.05. The van der Waals surface area contributed by atoms with E-state index in [2.05, 4.69) is 86.4 Å². The van der Waals surface area contributed by atoms with Crippen LogP contribution in [0.25, 0.3) is 78.3 Å². The Morgan fingerprint density at radius 1 is 0.383 bits per heavy atom. The van der Waals surface area contributed by atoms with Crippen LogP contribution in [0.5, 0.6) is 0 Å². The van der Waals surface area contributed by atoms with Crippen LogP contribution in [0.15, 0.2) is 147 Å². The van der Waals surface area contributed by atoms with E-state index in [9.17, 15) is 0 Å². The number of fused-ring (bicyclic) bond motifs is 1. The Labute approximate surface area is 271 Å². The lowest BCUT2D eigenvalue weighted by molar-refractivity contribution is 1.16. The molecule has 0 aliphatic rings. The van der Waals surface area contributed by atoms with Crippen molar-refractivity contribution in [3.05, 3.63) is 152 Å². The van der Waals surface area contributed by atoms with E-state index in [0.717, 1.165) is 67.3 Å². The summed E-state index contributed by atoms with van der Waals surface area (Å²) in [4.78, 5) is 32.9. The fraction of sp³-hybridized carbons (Fsp3) is 0.0250. The van der Waals surface area contributed by atoms with Gasteiger partial charge in [-0.1, -0.05) is 42.5 Å². The lowest BCUT2D eigenvalue weighted by Crippen LogP contribution is -1.98. The number of pyridine rings is 5. The third-order valence-electron chi connectivity index (χ3n) is 8.05. The van der Waals surface area contributed by atoms with Crippen LogP contribution in [0.3, 0.4) is 0 Å². The third kappa shape index (κ3) is 5.85. The molecule has 0 saturated carbocycles. The highest BCUT2D eigenvalue weighted by Crippen LogP contribution is 2.32. The van der Waals surface area contributed by atoms with Crippen LogP contribution in [0.1, 0.15) is 5.56 Å². The molecule has 0 spiro atoms. The molecule has 0 aliphatic heterocycles. The van der Waals surface area contributed by atoms with Crippen molar-refractivity contribution in [1.29, 1.82) is 0 Å². The van der Waals surface area contributed by atoms with Crippen LogP contribution in [0.4, 0.5) is 0 Å². The number of aryl methyl sites for hydroxylation is 1. The Kier molecular flexibility index (Phi) is 7.24. The van der Waals surface area contributed by atoms with Crippen molar-refractivity contribution in [2.24, 2.45) is 0 Å². The number of aromatic nitrogens is 7. The maximum atomic E-state index is 5.07. The fourth-order valence-electron chi connectivity index (χ4n) is 5.63. The first-order valence-corrected chi connectivity index (χ1v) is 15.3. The van der Waals surface area contributed by atoms with E-state index < -0.39 is 0 Å². The summed E-state index contributed by atoms with van der Waals surface area (Å²) in [6, 6.07) is 32.9. The molecular weight excluding hydrogens is 578 g/mol. The standard InChI is InChI=1S/C40H27N7/c1-26-11-13-45-37(14-26)32-18-35(25-43-22-32)40-46-38(19-39(47-40)34-17-31(21-42-24-34)36-8-4-5-12-44-36)33-16-30(20-41-23-33)29-10-9-27-6-2-3-7-28(27)15-29/h2-25H,1H3. The number of hydrogen-bond donors (Lipinski definition) is 0. The Balaban J connectivity index is 1.27. The lowest BCUT2D eigenvalue weighted by Gasteiger charge is -2.11. The Bertz CT molecular complexity index is 2390. The molecule has 6 heterocycles. The lowest BCUT2D eigenvalue weighted by atomic mass is 10.0. The molecule has 2 aromatic carbocycles. The molecule has 0 amide bonds. The quantitative estimate of drug-likeness (QED) is 0.187. The van der Waals surface area contributed by atoms with Gasteiger partial charge in [0.15, 0.2) is 5.82 Å². The molecule has 6 aromatic heterocycles. The summed E-state index contributed by atoms with van der Waals surface area (Å²) in [7, 11) is 0. The Hall–Kier alpha value is -6.47. The summed E-state index contributed by atoms with van der Waals surface area (Å²) in [5.74, 6) is 0.541. The SMILES string of the molecule is Cc1ccnc(-c2cncc(-c3nc(-c4cncc(-c5ccc6ccccc6c5)c4)cc(-c4cncc(-c5ccccn5)c4)n3)c2)c1. The molecule has 0 saturated heterocycles. The summed E-state index contributed by atoms with van der Waals surface area (Å²) >= 11 is 0. The van der Waals surface area contributed by atoms with Crippen molar-refractivity contribution in [3.63, 3.8) is 0 Å². The van der Waals surface area contributed by atoms with Gasteiger partial charge in [-0.05, 0) is 83.4 Å². The molecule has 0 bridgehead atoms. The van der Waals surface area contributed by atoms with Gasteiger partial charge in [-0.3, -0.25) is 24.9 Å². The van der Waals surface area contributed by atoms with Crippen molar-refractivity contribution in [1.82, 2.24) is 34.9 Å². The van der Waals surface area contributed by atoms with Gasteiger partial charge in [0.2, 0.25) is 0 Å². The molecule has 0 atom stereocenters. The topological polar surface area (TPSA) is 90.2 Å². The van der Waals surface area contributed by atoms with Crippen LogP contribution in [-0.4, -0.2) is 34.9 Å². The van der Waals surface area contributed by atoms with Crippen molar-refractivity contribution >= 4 is 10.8 Å². The minimum absolute atomic E-state index is 0.541. The van der Waals surface area contributed by atoms with E-state index in [1.54, 1.807) is 12.4 Å². The van der Waals surface area contributed by atoms with Gasteiger partial charge >= 0.3 is 0 Å². The Morgan fingerprint density at radius 2 is 0.979 bits per heavy atom. The number of rotatable bonds is 6. The van der Waals surface area contributed by atoms with E-state index in [1.807, 2.05) is 79.6 Å². The molecule has 7 nitrogen and oxygen atoms in total. The molecule has 0 fully saturated rings. The first-order valence-electron chi connectivity index (χ1n) is 15.3. The number of benzene rings is 2. The molecule has 0 N–H and O–H groups in total. The van der Waals surface area contributed by atoms with Crippen LogP contribution in [0.2, 0.25) is 0 Å². The minimum Gasteiger partial charge on any atom is -0.263 e. The van der Waals surface area contributed by atoms with Crippen LogP contribution < -0.4 is 0 Å². The van der Waals surface area contributed by atoms with Gasteiger partial charge in [-0.15, -0.1) is 0 Å². The van der Waals surface area contributed by atoms with E-state index in [0.29, 0.717) is 5.82 Å². The second kappa shape index (κ2) is 12.1. The van der Waals surface area contributed by atoms with Crippen LogP contribution in [0, 0.1) is 6.92 Å². The summed E-state index contributed by atoms with van der Waals surface area (Å²) in [6.07, 6.45) is 14.5. The molecule has 0 unspecified atom stereocenters. The predicted octanol–water partition coefficient (Wildman–Crippen LogP) is 8.92. The first kappa shape index (κ1) is 28.0. The second-order valence-electron chi connectivity index (χ2n) is 11.3. The monoisotopic (exact) mass is 605 g/mol. The zero-order valence-electron chi connectivity index (χ0n) is 25.5. The van der Waals surface area contributed by atoms with Gasteiger partial charge in [0.25, 0.3) is 0 Å². The van der Waals surface area contributed by atoms with Gasteiger partial charge in [-0.2, -0.15) is 0 Å². The highest BCUT2D eigenvalue weighted by molar-refractivity contribution is 5.88. The summed E-state index contributed by atoms with van der Waals surface area (Å²) in [5.41, 5.74) is 10.7. The fourth-order valence-corrected chi connectivity index (χ4v) is 5.63. The molecule has 8 rings (SSSR count). The highest BCUT2D eigenvalue weighted by atomic mass is 14.9. The first-order chi connectivity index (χ1) is 23.2. The predicted molar refractivity (Wildman–Crippen MR) is 186 cm³/mol. The third-order valence-corrected chi connectivity index (χ3v) is 8.05. The maximum absolute atomic E-state index is 5.07. The largest absolute Gasteiger partial charge is 0.263 e. The van der Waals surface area contributed by atoms with Crippen molar-refractivity contribution in [3.8, 4) is 67.5 Å². The minimum atomic E-state index is 0.541. The van der Waals surface area contributed by atoms with Gasteiger partial charge in [0.1, 0.15) is 0 Å². The van der Waals surface area contributed by atoms with E-state index in [4.69, 9.17) is 9.97 Å². The normalized spacial score (nSPS) is 11.1. The van der Waals surface area contributed by atoms with E-state index >= 15 is 0 Å². The molecule has 8 aromatic rings. The molecule has 222 valence electrons. The number of nitrogens with zero attached hydrogens (tertiary/aromatic N) is 7. The average molecular weight is 606 g/mol. The van der Waals surface area contributed by atoms with Gasteiger partial charge in [0.05, 0.1) is 22.8 Å². The average Bonchev–Trinajstić information content (AvgIpc) is 3.15. The van der Waals surface area contributed by atoms with Crippen molar-refractivity contribution in [2.75, 3.05) is 0 Å². The molecule has 7 heteroatoms. The summed E-state index contributed by atoms with van der Waals surface area (Å²) in [5, 5.41) is 2.38. The molecule has 0 radical (unpaired) electrons. The number of hydrogen-bond acceptors (Lipinski definition) is 7. The van der Waals surface area contributed by atoms with Crippen molar-refractivity contribution < 1.29 is 0 Å².